The minimum atomic E-state index is 0.252. The summed E-state index contributed by atoms with van der Waals surface area (Å²) in [5.74, 6) is 1.56. The van der Waals surface area contributed by atoms with Crippen molar-refractivity contribution >= 4 is 11.3 Å². The Hall–Kier alpha value is -2.69. The zero-order valence-electron chi connectivity index (χ0n) is 14.6. The van der Waals surface area contributed by atoms with E-state index < -0.39 is 0 Å². The Bertz CT molecular complexity index is 944. The fourth-order valence-corrected chi connectivity index (χ4v) is 3.87. The first-order valence-corrected chi connectivity index (χ1v) is 9.61. The van der Waals surface area contributed by atoms with E-state index in [0.29, 0.717) is 6.54 Å². The predicted octanol–water partition coefficient (Wildman–Crippen LogP) is 4.56. The van der Waals surface area contributed by atoms with E-state index in [2.05, 4.69) is 59.0 Å². The number of nitrogens with zero attached hydrogens (tertiary/aromatic N) is 1. The van der Waals surface area contributed by atoms with Gasteiger partial charge in [0.05, 0.1) is 11.1 Å². The molecule has 1 atom stereocenters. The van der Waals surface area contributed by atoms with Gasteiger partial charge in [-0.05, 0) is 18.4 Å². The minimum Gasteiger partial charge on any atom is -0.435 e. The fraction of sp³-hybridized carbons (Fsp3) is 0.136. The predicted molar refractivity (Wildman–Crippen MR) is 105 cm³/mol. The van der Waals surface area contributed by atoms with Crippen molar-refractivity contribution in [3.63, 3.8) is 0 Å². The first-order valence-electron chi connectivity index (χ1n) is 8.73. The molecule has 4 rings (SSSR count). The second-order valence-electron chi connectivity index (χ2n) is 6.33. The molecule has 2 aromatic heterocycles. The molecule has 4 heteroatoms. The summed E-state index contributed by atoms with van der Waals surface area (Å²) < 4.78 is 5.95. The van der Waals surface area contributed by atoms with Gasteiger partial charge in [0.1, 0.15) is 6.04 Å². The molecule has 0 radical (unpaired) electrons. The van der Waals surface area contributed by atoms with E-state index in [1.54, 1.807) is 11.3 Å². The maximum absolute atomic E-state index is 5.95. The lowest BCUT2D eigenvalue weighted by atomic mass is 10.0. The fourth-order valence-electron chi connectivity index (χ4n) is 3.02. The van der Waals surface area contributed by atoms with Gasteiger partial charge < -0.3 is 9.73 Å². The molecule has 2 heterocycles. The summed E-state index contributed by atoms with van der Waals surface area (Å²) >= 11 is 1.79. The summed E-state index contributed by atoms with van der Waals surface area (Å²) in [7, 11) is 0. The van der Waals surface area contributed by atoms with Crippen molar-refractivity contribution in [2.75, 3.05) is 0 Å². The van der Waals surface area contributed by atoms with Crippen LogP contribution in [-0.4, -0.2) is 4.98 Å². The molecule has 0 spiro atoms. The van der Waals surface area contributed by atoms with E-state index in [1.807, 2.05) is 36.5 Å². The Kier molecular flexibility index (Phi) is 4.95. The highest BCUT2D eigenvalue weighted by Gasteiger charge is 2.20. The molecular formula is C22H21N2OS+. The van der Waals surface area contributed by atoms with Crippen LogP contribution in [0.4, 0.5) is 0 Å². The lowest BCUT2D eigenvalue weighted by Gasteiger charge is -2.14. The van der Waals surface area contributed by atoms with Crippen molar-refractivity contribution in [2.45, 2.75) is 19.5 Å². The molecule has 0 aliphatic carbocycles. The summed E-state index contributed by atoms with van der Waals surface area (Å²) in [6, 6.07) is 23.4. The van der Waals surface area contributed by atoms with Crippen LogP contribution in [0.15, 0.2) is 82.7 Å². The van der Waals surface area contributed by atoms with E-state index in [4.69, 9.17) is 4.42 Å². The Morgan fingerprint density at radius 3 is 2.54 bits per heavy atom. The van der Waals surface area contributed by atoms with Gasteiger partial charge in [0.2, 0.25) is 0 Å². The van der Waals surface area contributed by atoms with E-state index in [9.17, 15) is 0 Å². The molecule has 0 amide bonds. The van der Waals surface area contributed by atoms with Gasteiger partial charge in [0.15, 0.2) is 12.3 Å². The molecule has 0 saturated carbocycles. The number of quaternary nitrogens is 1. The van der Waals surface area contributed by atoms with Gasteiger partial charge in [0, 0.05) is 11.1 Å². The molecule has 2 aromatic carbocycles. The van der Waals surface area contributed by atoms with Crippen LogP contribution in [-0.2, 0) is 6.54 Å². The van der Waals surface area contributed by atoms with Gasteiger partial charge in [0.25, 0.3) is 5.89 Å². The highest BCUT2D eigenvalue weighted by molar-refractivity contribution is 7.10. The number of aromatic nitrogens is 1. The Labute approximate surface area is 157 Å². The van der Waals surface area contributed by atoms with E-state index in [1.165, 1.54) is 16.0 Å². The van der Waals surface area contributed by atoms with Gasteiger partial charge in [-0.2, -0.15) is 0 Å². The topological polar surface area (TPSA) is 42.6 Å². The average Bonchev–Trinajstić information content (AvgIpc) is 3.36. The Balaban J connectivity index is 1.52. The second-order valence-corrected chi connectivity index (χ2v) is 7.31. The Morgan fingerprint density at radius 1 is 1.00 bits per heavy atom. The average molecular weight is 361 g/mol. The minimum absolute atomic E-state index is 0.252. The molecule has 0 fully saturated rings. The molecule has 3 nitrogen and oxygen atoms in total. The van der Waals surface area contributed by atoms with Crippen molar-refractivity contribution in [1.82, 2.24) is 4.98 Å². The normalized spacial score (nSPS) is 12.2. The van der Waals surface area contributed by atoms with E-state index in [0.717, 1.165) is 17.2 Å². The second kappa shape index (κ2) is 7.68. The summed E-state index contributed by atoms with van der Waals surface area (Å²) in [5, 5.41) is 4.42. The number of aryl methyl sites for hydroxylation is 1. The highest BCUT2D eigenvalue weighted by Crippen LogP contribution is 2.24. The number of nitrogens with two attached hydrogens (primary N) is 1. The summed E-state index contributed by atoms with van der Waals surface area (Å²) in [6.45, 7) is 2.81. The number of thiophene rings is 1. The molecule has 4 aromatic rings. The SMILES string of the molecule is Cc1ccc([C@H]([NH2+]Cc2ncc(-c3ccccc3)o2)c2cccs2)cc1. The van der Waals surface area contributed by atoms with Crippen LogP contribution >= 0.6 is 11.3 Å². The summed E-state index contributed by atoms with van der Waals surface area (Å²) in [6.07, 6.45) is 1.81. The molecule has 0 unspecified atom stereocenters. The molecule has 0 saturated heterocycles. The number of oxazole rings is 1. The number of hydrogen-bond donors (Lipinski definition) is 1. The molecule has 130 valence electrons. The third kappa shape index (κ3) is 3.77. The molecule has 2 N–H and O–H groups in total. The maximum Gasteiger partial charge on any atom is 0.250 e. The molecule has 26 heavy (non-hydrogen) atoms. The highest BCUT2D eigenvalue weighted by atomic mass is 32.1. The zero-order chi connectivity index (χ0) is 17.8. The van der Waals surface area contributed by atoms with Crippen molar-refractivity contribution < 1.29 is 9.73 Å². The van der Waals surface area contributed by atoms with Crippen LogP contribution in [0.2, 0.25) is 0 Å². The lowest BCUT2D eigenvalue weighted by Crippen LogP contribution is -2.83. The van der Waals surface area contributed by atoms with E-state index in [-0.39, 0.29) is 6.04 Å². The third-order valence-corrected chi connectivity index (χ3v) is 5.38. The first-order chi connectivity index (χ1) is 12.8. The van der Waals surface area contributed by atoms with Crippen molar-refractivity contribution in [1.29, 1.82) is 0 Å². The van der Waals surface area contributed by atoms with Crippen LogP contribution in [0.25, 0.3) is 11.3 Å². The summed E-state index contributed by atoms with van der Waals surface area (Å²) in [4.78, 5) is 5.80. The maximum atomic E-state index is 5.95. The number of hydrogen-bond acceptors (Lipinski definition) is 3. The summed E-state index contributed by atoms with van der Waals surface area (Å²) in [5.41, 5.74) is 3.63. The van der Waals surface area contributed by atoms with Crippen LogP contribution in [0.5, 0.6) is 0 Å². The monoisotopic (exact) mass is 361 g/mol. The van der Waals surface area contributed by atoms with Crippen LogP contribution < -0.4 is 5.32 Å². The van der Waals surface area contributed by atoms with Gasteiger partial charge in [-0.3, -0.25) is 0 Å². The number of rotatable bonds is 6. The lowest BCUT2D eigenvalue weighted by molar-refractivity contribution is -0.703. The van der Waals surface area contributed by atoms with Crippen molar-refractivity contribution in [2.24, 2.45) is 0 Å². The Morgan fingerprint density at radius 2 is 1.81 bits per heavy atom. The molecule has 0 bridgehead atoms. The quantitative estimate of drug-likeness (QED) is 0.547. The van der Waals surface area contributed by atoms with Gasteiger partial charge in [-0.25, -0.2) is 4.98 Å². The first kappa shape index (κ1) is 16.8. The van der Waals surface area contributed by atoms with Crippen LogP contribution in [0.3, 0.4) is 0 Å². The molecule has 0 aliphatic heterocycles. The molecular weight excluding hydrogens is 340 g/mol. The van der Waals surface area contributed by atoms with Crippen molar-refractivity contribution in [3.8, 4) is 11.3 Å². The number of benzene rings is 2. The van der Waals surface area contributed by atoms with Gasteiger partial charge in [-0.1, -0.05) is 66.2 Å². The van der Waals surface area contributed by atoms with Gasteiger partial charge >= 0.3 is 0 Å². The zero-order valence-corrected chi connectivity index (χ0v) is 15.4. The molecule has 0 aliphatic rings. The standard InChI is InChI=1S/C22H20N2OS/c1-16-9-11-18(12-10-16)22(20-8-5-13-26-20)24-15-21-23-14-19(25-21)17-6-3-2-4-7-17/h2-14,22,24H,15H2,1H3/p+1/t22-/m0/s1. The van der Waals surface area contributed by atoms with Crippen LogP contribution in [0.1, 0.15) is 27.9 Å². The smallest absolute Gasteiger partial charge is 0.250 e. The van der Waals surface area contributed by atoms with E-state index >= 15 is 0 Å². The third-order valence-electron chi connectivity index (χ3n) is 4.43. The van der Waals surface area contributed by atoms with Crippen molar-refractivity contribution in [3.05, 3.63) is 100 Å². The largest absolute Gasteiger partial charge is 0.435 e. The van der Waals surface area contributed by atoms with Crippen LogP contribution in [0, 0.1) is 6.92 Å². The van der Waals surface area contributed by atoms with Gasteiger partial charge in [-0.15, -0.1) is 11.3 Å².